The highest BCUT2D eigenvalue weighted by atomic mass is 16.5. The van der Waals surface area contributed by atoms with E-state index in [0.717, 1.165) is 58.0 Å². The van der Waals surface area contributed by atoms with E-state index in [1.807, 2.05) is 0 Å². The molecule has 0 spiro atoms. The Hall–Kier alpha value is -2.18. The Balaban J connectivity index is 1.43. The summed E-state index contributed by atoms with van der Waals surface area (Å²) < 4.78 is 7.15. The van der Waals surface area contributed by atoms with Crippen LogP contribution in [0.25, 0.3) is 0 Å². The van der Waals surface area contributed by atoms with Crippen LogP contribution in [0.1, 0.15) is 12.0 Å². The van der Waals surface area contributed by atoms with Gasteiger partial charge in [0.05, 0.1) is 18.5 Å². The molecule has 2 aliphatic rings. The van der Waals surface area contributed by atoms with Gasteiger partial charge < -0.3 is 9.64 Å². The second-order valence-corrected chi connectivity index (χ2v) is 7.39. The molecule has 3 heterocycles. The number of hydrogen-bond acceptors (Lipinski definition) is 5. The average molecular weight is 354 g/mol. The summed E-state index contributed by atoms with van der Waals surface area (Å²) in [6.45, 7) is 6.48. The van der Waals surface area contributed by atoms with Gasteiger partial charge in [-0.2, -0.15) is 5.10 Å². The van der Waals surface area contributed by atoms with Crippen LogP contribution in [0.3, 0.4) is 0 Å². The summed E-state index contributed by atoms with van der Waals surface area (Å²) in [6.07, 6.45) is 2.86. The van der Waals surface area contributed by atoms with E-state index in [-0.39, 0.29) is 11.0 Å². The maximum Gasteiger partial charge on any atom is 0.268 e. The third-order valence-electron chi connectivity index (χ3n) is 5.71. The van der Waals surface area contributed by atoms with Gasteiger partial charge in [-0.25, -0.2) is 4.68 Å². The van der Waals surface area contributed by atoms with Gasteiger partial charge in [-0.05, 0) is 12.0 Å². The smallest absolute Gasteiger partial charge is 0.268 e. The fraction of sp³-hybridized carbons (Fsp3) is 0.500. The van der Waals surface area contributed by atoms with Gasteiger partial charge in [-0.15, -0.1) is 0 Å². The fourth-order valence-electron chi connectivity index (χ4n) is 4.07. The van der Waals surface area contributed by atoms with Crippen molar-refractivity contribution in [3.05, 3.63) is 58.5 Å². The third-order valence-corrected chi connectivity index (χ3v) is 5.71. The lowest BCUT2D eigenvalue weighted by molar-refractivity contribution is 0.147. The first-order chi connectivity index (χ1) is 12.7. The zero-order valence-corrected chi connectivity index (χ0v) is 15.3. The van der Waals surface area contributed by atoms with E-state index >= 15 is 0 Å². The maximum atomic E-state index is 11.8. The number of anilines is 1. The summed E-state index contributed by atoms with van der Waals surface area (Å²) in [5.41, 5.74) is 2.36. The molecule has 6 heteroatoms. The predicted molar refractivity (Wildman–Crippen MR) is 102 cm³/mol. The Morgan fingerprint density at radius 2 is 1.92 bits per heavy atom. The van der Waals surface area contributed by atoms with Crippen molar-refractivity contribution < 1.29 is 4.74 Å². The SMILES string of the molecule is Cn1ncc(N2CCN(C[C@@]3(c4ccccc4)CCOC3)CC2)cc1=O. The number of hydrogen-bond donors (Lipinski definition) is 0. The Kier molecular flexibility index (Phi) is 4.78. The first-order valence-corrected chi connectivity index (χ1v) is 9.30. The summed E-state index contributed by atoms with van der Waals surface area (Å²) in [5.74, 6) is 0. The van der Waals surface area contributed by atoms with Crippen molar-refractivity contribution >= 4 is 5.69 Å². The summed E-state index contributed by atoms with van der Waals surface area (Å²) in [7, 11) is 1.68. The maximum absolute atomic E-state index is 11.8. The van der Waals surface area contributed by atoms with Crippen molar-refractivity contribution in [2.45, 2.75) is 11.8 Å². The largest absolute Gasteiger partial charge is 0.380 e. The summed E-state index contributed by atoms with van der Waals surface area (Å²) >= 11 is 0. The van der Waals surface area contributed by atoms with Crippen molar-refractivity contribution in [2.75, 3.05) is 50.8 Å². The normalized spacial score (nSPS) is 24.1. The van der Waals surface area contributed by atoms with E-state index in [4.69, 9.17) is 4.74 Å². The van der Waals surface area contributed by atoms with E-state index in [1.54, 1.807) is 19.3 Å². The molecule has 6 nitrogen and oxygen atoms in total. The number of benzene rings is 1. The molecule has 2 saturated heterocycles. The molecular formula is C20H26N4O2. The highest BCUT2D eigenvalue weighted by molar-refractivity contribution is 5.43. The predicted octanol–water partition coefficient (Wildman–Crippen LogP) is 1.26. The van der Waals surface area contributed by atoms with Crippen molar-refractivity contribution in [1.82, 2.24) is 14.7 Å². The van der Waals surface area contributed by atoms with Crippen LogP contribution in [0.2, 0.25) is 0 Å². The van der Waals surface area contributed by atoms with E-state index in [2.05, 4.69) is 45.2 Å². The number of piperazine rings is 1. The topological polar surface area (TPSA) is 50.6 Å². The number of nitrogens with zero attached hydrogens (tertiary/aromatic N) is 4. The molecule has 0 bridgehead atoms. The Bertz CT molecular complexity index is 791. The third kappa shape index (κ3) is 3.39. The first-order valence-electron chi connectivity index (χ1n) is 9.30. The van der Waals surface area contributed by atoms with E-state index < -0.39 is 0 Å². The van der Waals surface area contributed by atoms with Gasteiger partial charge in [0.25, 0.3) is 5.56 Å². The van der Waals surface area contributed by atoms with Crippen LogP contribution in [-0.2, 0) is 17.2 Å². The molecule has 2 fully saturated rings. The Morgan fingerprint density at radius 3 is 2.58 bits per heavy atom. The molecule has 0 aliphatic carbocycles. The highest BCUT2D eigenvalue weighted by Crippen LogP contribution is 2.34. The van der Waals surface area contributed by atoms with Gasteiger partial charge in [0, 0.05) is 57.9 Å². The molecule has 26 heavy (non-hydrogen) atoms. The summed E-state index contributed by atoms with van der Waals surface area (Å²) in [5, 5.41) is 4.14. The van der Waals surface area contributed by atoms with Gasteiger partial charge in [-0.1, -0.05) is 30.3 Å². The second-order valence-electron chi connectivity index (χ2n) is 7.39. The lowest BCUT2D eigenvalue weighted by Crippen LogP contribution is -2.51. The van der Waals surface area contributed by atoms with Crippen molar-refractivity contribution in [1.29, 1.82) is 0 Å². The number of ether oxygens (including phenoxy) is 1. The minimum absolute atomic E-state index is 0.0592. The summed E-state index contributed by atoms with van der Waals surface area (Å²) in [4.78, 5) is 16.6. The molecule has 2 aromatic rings. The lowest BCUT2D eigenvalue weighted by atomic mass is 9.79. The Labute approximate surface area is 154 Å². The van der Waals surface area contributed by atoms with Crippen LogP contribution in [0, 0.1) is 0 Å². The molecule has 4 rings (SSSR count). The lowest BCUT2D eigenvalue weighted by Gasteiger charge is -2.40. The van der Waals surface area contributed by atoms with Gasteiger partial charge >= 0.3 is 0 Å². The molecule has 138 valence electrons. The molecule has 1 aromatic carbocycles. The summed E-state index contributed by atoms with van der Waals surface area (Å²) in [6, 6.07) is 12.5. The number of aromatic nitrogens is 2. The molecule has 0 N–H and O–H groups in total. The van der Waals surface area contributed by atoms with Crippen LogP contribution >= 0.6 is 0 Å². The Morgan fingerprint density at radius 1 is 1.15 bits per heavy atom. The monoisotopic (exact) mass is 354 g/mol. The van der Waals surface area contributed by atoms with Gasteiger partial charge in [-0.3, -0.25) is 9.69 Å². The van der Waals surface area contributed by atoms with Crippen molar-refractivity contribution in [3.63, 3.8) is 0 Å². The molecule has 1 atom stereocenters. The molecule has 1 aromatic heterocycles. The van der Waals surface area contributed by atoms with Crippen molar-refractivity contribution in [3.8, 4) is 0 Å². The molecule has 2 aliphatic heterocycles. The van der Waals surface area contributed by atoms with E-state index in [9.17, 15) is 4.79 Å². The van der Waals surface area contributed by atoms with Crippen LogP contribution in [0.5, 0.6) is 0 Å². The standard InChI is InChI=1S/C20H26N4O2/c1-22-19(25)13-18(14-21-22)24-10-8-23(9-11-24)15-20(7-12-26-16-20)17-5-3-2-4-6-17/h2-6,13-14H,7-12,15-16H2,1H3/t20-/m0/s1. The minimum Gasteiger partial charge on any atom is -0.380 e. The van der Waals surface area contributed by atoms with Crippen LogP contribution in [-0.4, -0.2) is 60.6 Å². The zero-order chi connectivity index (χ0) is 18.0. The highest BCUT2D eigenvalue weighted by Gasteiger charge is 2.38. The minimum atomic E-state index is -0.0592. The number of aryl methyl sites for hydroxylation is 1. The van der Waals surface area contributed by atoms with E-state index in [1.165, 1.54) is 10.2 Å². The second kappa shape index (κ2) is 7.21. The molecule has 0 radical (unpaired) electrons. The fourth-order valence-corrected chi connectivity index (χ4v) is 4.07. The van der Waals surface area contributed by atoms with Crippen LogP contribution in [0.4, 0.5) is 5.69 Å². The van der Waals surface area contributed by atoms with Gasteiger partial charge in [0.1, 0.15) is 0 Å². The zero-order valence-electron chi connectivity index (χ0n) is 15.3. The van der Waals surface area contributed by atoms with E-state index in [0.29, 0.717) is 0 Å². The molecule has 0 unspecified atom stereocenters. The van der Waals surface area contributed by atoms with Gasteiger partial charge in [0.15, 0.2) is 0 Å². The van der Waals surface area contributed by atoms with Crippen LogP contribution in [0.15, 0.2) is 47.4 Å². The molecular weight excluding hydrogens is 328 g/mol. The van der Waals surface area contributed by atoms with Gasteiger partial charge in [0.2, 0.25) is 0 Å². The first kappa shape index (κ1) is 17.2. The number of rotatable bonds is 4. The average Bonchev–Trinajstić information content (AvgIpc) is 3.15. The molecule has 0 amide bonds. The van der Waals surface area contributed by atoms with Crippen molar-refractivity contribution in [2.24, 2.45) is 7.05 Å². The molecule has 0 saturated carbocycles. The van der Waals surface area contributed by atoms with Crippen LogP contribution < -0.4 is 10.5 Å². The quantitative estimate of drug-likeness (QED) is 0.827.